The van der Waals surface area contributed by atoms with E-state index in [0.29, 0.717) is 24.1 Å². The molecule has 0 saturated heterocycles. The van der Waals surface area contributed by atoms with Gasteiger partial charge in [-0.05, 0) is 18.4 Å². The van der Waals surface area contributed by atoms with Crippen LogP contribution in [0.25, 0.3) is 0 Å². The third-order valence-electron chi connectivity index (χ3n) is 2.89. The normalized spacial score (nSPS) is 10.9. The number of amides is 1. The first-order chi connectivity index (χ1) is 9.36. The van der Waals surface area contributed by atoms with Crippen LogP contribution in [0.15, 0.2) is 4.79 Å². The smallest absolute Gasteiger partial charge is 0.277 e. The van der Waals surface area contributed by atoms with Gasteiger partial charge in [0.25, 0.3) is 17.4 Å². The molecule has 1 aromatic heterocycles. The lowest BCUT2D eigenvalue weighted by Crippen LogP contribution is -2.43. The molecule has 1 heterocycles. The van der Waals surface area contributed by atoms with Gasteiger partial charge in [-0.2, -0.15) is 5.10 Å². The quantitative estimate of drug-likeness (QED) is 0.714. The molecule has 0 spiro atoms. The van der Waals surface area contributed by atoms with Crippen LogP contribution < -0.4 is 16.6 Å². The molecule has 0 unspecified atom stereocenters. The third kappa shape index (κ3) is 4.75. The average molecular weight is 325 g/mol. The topological polar surface area (TPSA) is 101 Å². The lowest BCUT2D eigenvalue weighted by molar-refractivity contribution is 0.0118. The predicted molar refractivity (Wildman–Crippen MR) is 77.2 cm³/mol. The molecule has 0 atom stereocenters. The van der Waals surface area contributed by atoms with E-state index in [-0.39, 0.29) is 18.0 Å². The first kappa shape index (κ1) is 19.5. The van der Waals surface area contributed by atoms with Crippen molar-refractivity contribution >= 4 is 18.3 Å². The number of nitrogens with zero attached hydrogens (tertiary/aromatic N) is 1. The zero-order chi connectivity index (χ0) is 15.3. The van der Waals surface area contributed by atoms with Gasteiger partial charge in [0, 0.05) is 0 Å². The van der Waals surface area contributed by atoms with E-state index in [1.165, 1.54) is 0 Å². The van der Waals surface area contributed by atoms with Crippen LogP contribution in [0.5, 0.6) is 0 Å². The van der Waals surface area contributed by atoms with E-state index in [4.69, 9.17) is 5.73 Å². The van der Waals surface area contributed by atoms with Crippen molar-refractivity contribution in [3.05, 3.63) is 27.2 Å². The maximum atomic E-state index is 13.0. The molecule has 0 aromatic carbocycles. The maximum Gasteiger partial charge on any atom is 0.277 e. The van der Waals surface area contributed by atoms with Gasteiger partial charge in [0.15, 0.2) is 0 Å². The molecule has 1 rings (SSSR count). The number of carbonyl (C=O) groups is 1. The van der Waals surface area contributed by atoms with Crippen molar-refractivity contribution in [2.75, 3.05) is 13.1 Å². The number of hydrogen-bond donors (Lipinski definition) is 3. The molecule has 0 fully saturated rings. The zero-order valence-corrected chi connectivity index (χ0v) is 12.7. The first-order valence-electron chi connectivity index (χ1n) is 6.32. The lowest BCUT2D eigenvalue weighted by atomic mass is 10.0. The Balaban J connectivity index is 0.00000400. The van der Waals surface area contributed by atoms with Crippen molar-refractivity contribution in [3.8, 4) is 0 Å². The van der Waals surface area contributed by atoms with Gasteiger partial charge in [0.2, 0.25) is 0 Å². The number of halogens is 3. The summed E-state index contributed by atoms with van der Waals surface area (Å²) in [6, 6.07) is 0. The van der Waals surface area contributed by atoms with Crippen molar-refractivity contribution in [2.45, 2.75) is 32.6 Å². The van der Waals surface area contributed by atoms with Crippen LogP contribution in [-0.4, -0.2) is 35.1 Å². The molecule has 6 nitrogen and oxygen atoms in total. The molecule has 0 aliphatic carbocycles. The van der Waals surface area contributed by atoms with Crippen molar-refractivity contribution in [1.29, 1.82) is 0 Å². The van der Waals surface area contributed by atoms with Gasteiger partial charge in [0.05, 0.1) is 18.8 Å². The highest BCUT2D eigenvalue weighted by molar-refractivity contribution is 5.95. The number of nitrogens with two attached hydrogens (primary N) is 1. The molecule has 9 heteroatoms. The number of alkyl halides is 2. The molecule has 120 valence electrons. The molecule has 0 bridgehead atoms. The Labute approximate surface area is 126 Å². The summed E-state index contributed by atoms with van der Waals surface area (Å²) in [6.07, 6.45) is 0.940. The number of rotatable bonds is 6. The van der Waals surface area contributed by atoms with Gasteiger partial charge >= 0.3 is 0 Å². The Kier molecular flexibility index (Phi) is 7.45. The molecule has 0 radical (unpaired) electrons. The number of aromatic amines is 1. The minimum atomic E-state index is -3.20. The van der Waals surface area contributed by atoms with Crippen LogP contribution in [0.4, 0.5) is 8.78 Å². The van der Waals surface area contributed by atoms with Gasteiger partial charge in [0.1, 0.15) is 5.56 Å². The second-order valence-electron chi connectivity index (χ2n) is 4.30. The summed E-state index contributed by atoms with van der Waals surface area (Å²) in [6.45, 7) is 1.81. The zero-order valence-electron chi connectivity index (χ0n) is 11.8. The Bertz CT molecular complexity index is 549. The van der Waals surface area contributed by atoms with Crippen LogP contribution in [-0.2, 0) is 12.8 Å². The van der Waals surface area contributed by atoms with Gasteiger partial charge in [-0.25, -0.2) is 13.9 Å². The van der Waals surface area contributed by atoms with E-state index < -0.39 is 30.5 Å². The average Bonchev–Trinajstić information content (AvgIpc) is 2.44. The Morgan fingerprint density at radius 1 is 1.38 bits per heavy atom. The van der Waals surface area contributed by atoms with E-state index in [1.54, 1.807) is 6.92 Å². The SMILES string of the molecule is CCc1n[nH]c(=O)c(C(=O)NCC(F)(F)CN)c1CC.Cl. The molecular formula is C12H19ClF2N4O2. The summed E-state index contributed by atoms with van der Waals surface area (Å²) in [5.74, 6) is -4.04. The highest BCUT2D eigenvalue weighted by atomic mass is 35.5. The molecule has 0 saturated carbocycles. The Morgan fingerprint density at radius 2 is 2.00 bits per heavy atom. The standard InChI is InChI=1S/C12H18F2N4O2.ClH/c1-3-7-8(4-2)17-18-11(20)9(7)10(19)16-6-12(13,14)5-15;/h3-6,15H2,1-2H3,(H,16,19)(H,18,20);1H. The molecular weight excluding hydrogens is 306 g/mol. The van der Waals surface area contributed by atoms with Crippen molar-refractivity contribution in [3.63, 3.8) is 0 Å². The second-order valence-corrected chi connectivity index (χ2v) is 4.30. The number of hydrogen-bond acceptors (Lipinski definition) is 4. The van der Waals surface area contributed by atoms with Gasteiger partial charge in [-0.15, -0.1) is 12.4 Å². The number of carbonyl (C=O) groups excluding carboxylic acids is 1. The minimum Gasteiger partial charge on any atom is -0.346 e. The molecule has 0 aliphatic heterocycles. The molecule has 21 heavy (non-hydrogen) atoms. The number of nitrogens with one attached hydrogen (secondary N) is 2. The van der Waals surface area contributed by atoms with Crippen molar-refractivity contribution < 1.29 is 13.6 Å². The fourth-order valence-corrected chi connectivity index (χ4v) is 1.81. The third-order valence-corrected chi connectivity index (χ3v) is 2.89. The summed E-state index contributed by atoms with van der Waals surface area (Å²) in [5.41, 5.74) is 5.08. The monoisotopic (exact) mass is 324 g/mol. The van der Waals surface area contributed by atoms with Crippen LogP contribution in [0.2, 0.25) is 0 Å². The molecule has 4 N–H and O–H groups in total. The highest BCUT2D eigenvalue weighted by Crippen LogP contribution is 2.12. The number of H-pyrrole nitrogens is 1. The van der Waals surface area contributed by atoms with E-state index in [9.17, 15) is 18.4 Å². The van der Waals surface area contributed by atoms with Crippen LogP contribution >= 0.6 is 12.4 Å². The molecule has 1 aromatic rings. The summed E-state index contributed by atoms with van der Waals surface area (Å²) < 4.78 is 26.0. The van der Waals surface area contributed by atoms with E-state index >= 15 is 0 Å². The summed E-state index contributed by atoms with van der Waals surface area (Å²) >= 11 is 0. The fourth-order valence-electron chi connectivity index (χ4n) is 1.81. The first-order valence-corrected chi connectivity index (χ1v) is 6.32. The van der Waals surface area contributed by atoms with Crippen molar-refractivity contribution in [2.24, 2.45) is 5.73 Å². The maximum absolute atomic E-state index is 13.0. The largest absolute Gasteiger partial charge is 0.346 e. The number of aryl methyl sites for hydroxylation is 1. The number of aromatic nitrogens is 2. The van der Waals surface area contributed by atoms with E-state index in [2.05, 4.69) is 10.2 Å². The summed E-state index contributed by atoms with van der Waals surface area (Å²) in [5, 5.41) is 8.10. The van der Waals surface area contributed by atoms with E-state index in [1.807, 2.05) is 12.2 Å². The molecule has 0 aliphatic rings. The van der Waals surface area contributed by atoms with Gasteiger partial charge in [-0.1, -0.05) is 13.8 Å². The highest BCUT2D eigenvalue weighted by Gasteiger charge is 2.28. The molecule has 1 amide bonds. The lowest BCUT2D eigenvalue weighted by Gasteiger charge is -2.15. The minimum absolute atomic E-state index is 0. The Hall–Kier alpha value is -1.54. The summed E-state index contributed by atoms with van der Waals surface area (Å²) in [4.78, 5) is 23.7. The van der Waals surface area contributed by atoms with Gasteiger partial charge in [-0.3, -0.25) is 9.59 Å². The van der Waals surface area contributed by atoms with E-state index in [0.717, 1.165) is 0 Å². The summed E-state index contributed by atoms with van der Waals surface area (Å²) in [7, 11) is 0. The fraction of sp³-hybridized carbons (Fsp3) is 0.583. The second kappa shape index (κ2) is 8.04. The van der Waals surface area contributed by atoms with Crippen LogP contribution in [0.1, 0.15) is 35.5 Å². The van der Waals surface area contributed by atoms with Crippen molar-refractivity contribution in [1.82, 2.24) is 15.5 Å². The Morgan fingerprint density at radius 3 is 2.48 bits per heavy atom. The van der Waals surface area contributed by atoms with Gasteiger partial charge < -0.3 is 11.1 Å². The van der Waals surface area contributed by atoms with Crippen LogP contribution in [0.3, 0.4) is 0 Å². The van der Waals surface area contributed by atoms with Crippen LogP contribution in [0, 0.1) is 0 Å². The predicted octanol–water partition coefficient (Wildman–Crippen LogP) is 0.640.